The third-order valence-corrected chi connectivity index (χ3v) is 2.59. The zero-order valence-corrected chi connectivity index (χ0v) is 16.0. The first-order valence-electron chi connectivity index (χ1n) is 5.97. The van der Waals surface area contributed by atoms with E-state index in [9.17, 15) is 19.8 Å². The van der Waals surface area contributed by atoms with Crippen molar-refractivity contribution in [2.24, 2.45) is 0 Å². The summed E-state index contributed by atoms with van der Waals surface area (Å²) in [5, 5.41) is 73.3. The maximum atomic E-state index is 10.7. The van der Waals surface area contributed by atoms with E-state index >= 15 is 0 Å². The number of phenolic OH excluding ortho intramolecular Hbond substituents is 4. The van der Waals surface area contributed by atoms with Gasteiger partial charge in [0.2, 0.25) is 0 Å². The fourth-order valence-corrected chi connectivity index (χ4v) is 1.44. The SMILES string of the molecule is O=C(O)c1cc(O)c([O-])c(O)c1.O=C(O)c1cc(O)c([O-])c(O)c1.[Pb+2]. The Kier molecular flexibility index (Phi) is 7.79. The van der Waals surface area contributed by atoms with Crippen LogP contribution in [0.2, 0.25) is 0 Å². The molecule has 2 radical (unpaired) electrons. The second kappa shape index (κ2) is 8.82. The van der Waals surface area contributed by atoms with Crippen LogP contribution >= 0.6 is 0 Å². The van der Waals surface area contributed by atoms with Gasteiger partial charge in [-0.05, 0) is 35.8 Å². The number of carbonyl (C=O) groups is 2. The molecule has 0 saturated heterocycles. The molecular weight excluding hydrogens is 535 g/mol. The molecule has 2 rings (SSSR count). The minimum absolute atomic E-state index is 0. The summed E-state index contributed by atoms with van der Waals surface area (Å²) in [5.74, 6) is -7.67. The van der Waals surface area contributed by atoms with Gasteiger partial charge < -0.3 is 40.9 Å². The average molecular weight is 545 g/mol. The third kappa shape index (κ3) is 5.59. The van der Waals surface area contributed by atoms with E-state index < -0.39 is 46.4 Å². The topological polar surface area (TPSA) is 202 Å². The summed E-state index contributed by atoms with van der Waals surface area (Å²) in [4.78, 5) is 20.6. The summed E-state index contributed by atoms with van der Waals surface area (Å²) in [5.41, 5.74) is -0.658. The summed E-state index contributed by atoms with van der Waals surface area (Å²) in [6.07, 6.45) is 0. The molecule has 11 heteroatoms. The Morgan fingerprint density at radius 2 is 0.840 bits per heavy atom. The average Bonchev–Trinajstić information content (AvgIpc) is 2.49. The van der Waals surface area contributed by atoms with Crippen LogP contribution in [0.25, 0.3) is 0 Å². The van der Waals surface area contributed by atoms with Gasteiger partial charge in [0.25, 0.3) is 0 Å². The molecule has 10 nitrogen and oxygen atoms in total. The monoisotopic (exact) mass is 546 g/mol. The molecule has 6 N–H and O–H groups in total. The van der Waals surface area contributed by atoms with Crippen LogP contribution in [-0.2, 0) is 0 Å². The Hall–Kier alpha value is -2.90. The minimum atomic E-state index is -1.32. The van der Waals surface area contributed by atoms with E-state index in [2.05, 4.69) is 0 Å². The fourth-order valence-electron chi connectivity index (χ4n) is 1.44. The summed E-state index contributed by atoms with van der Waals surface area (Å²) in [6.45, 7) is 0. The van der Waals surface area contributed by atoms with Crippen molar-refractivity contribution in [2.75, 3.05) is 0 Å². The van der Waals surface area contributed by atoms with Crippen LogP contribution in [0, 0.1) is 0 Å². The second-order valence-electron chi connectivity index (χ2n) is 4.30. The maximum absolute atomic E-state index is 10.7. The molecule has 0 unspecified atom stereocenters. The normalized spacial score (nSPS) is 9.28. The van der Waals surface area contributed by atoms with E-state index in [1.807, 2.05) is 0 Å². The maximum Gasteiger partial charge on any atom is 2.00 e. The Labute approximate surface area is 159 Å². The molecule has 25 heavy (non-hydrogen) atoms. The van der Waals surface area contributed by atoms with Crippen molar-refractivity contribution in [1.82, 2.24) is 0 Å². The number of phenols is 4. The van der Waals surface area contributed by atoms with Crippen LogP contribution in [0.4, 0.5) is 0 Å². The van der Waals surface area contributed by atoms with Crippen LogP contribution in [0.5, 0.6) is 34.5 Å². The molecule has 0 atom stereocenters. The standard InChI is InChI=1S/2C7H6O5.Pb/c2*8-4-1-3(7(11)12)2-5(9)6(4)10;/h2*1-2,8-10H,(H,11,12);/q;;+2/p-2. The first-order chi connectivity index (χ1) is 11.0. The first-order valence-corrected chi connectivity index (χ1v) is 5.97. The van der Waals surface area contributed by atoms with E-state index in [-0.39, 0.29) is 38.4 Å². The van der Waals surface area contributed by atoms with Gasteiger partial charge in [-0.25, -0.2) is 9.59 Å². The molecule has 0 aliphatic rings. The molecule has 0 saturated carbocycles. The van der Waals surface area contributed by atoms with Crippen molar-refractivity contribution in [3.05, 3.63) is 35.4 Å². The van der Waals surface area contributed by atoms with E-state index in [0.29, 0.717) is 0 Å². The number of rotatable bonds is 2. The van der Waals surface area contributed by atoms with Crippen molar-refractivity contribution in [3.63, 3.8) is 0 Å². The van der Waals surface area contributed by atoms with Gasteiger partial charge in [0.1, 0.15) is 23.0 Å². The van der Waals surface area contributed by atoms with Gasteiger partial charge in [0, 0.05) is 0 Å². The van der Waals surface area contributed by atoms with Gasteiger partial charge in [-0.3, -0.25) is 0 Å². The summed E-state index contributed by atoms with van der Waals surface area (Å²) in [7, 11) is 0. The molecule has 2 aromatic rings. The van der Waals surface area contributed by atoms with Gasteiger partial charge >= 0.3 is 39.2 Å². The Balaban J connectivity index is 0.000000443. The van der Waals surface area contributed by atoms with Gasteiger partial charge in [-0.15, -0.1) is 0 Å². The first kappa shape index (κ1) is 22.1. The van der Waals surface area contributed by atoms with Crippen molar-refractivity contribution in [1.29, 1.82) is 0 Å². The van der Waals surface area contributed by atoms with Crippen molar-refractivity contribution >= 4 is 39.2 Å². The Morgan fingerprint density at radius 3 is 1.00 bits per heavy atom. The predicted octanol–water partition coefficient (Wildman–Crippen LogP) is -0.642. The number of benzene rings is 2. The van der Waals surface area contributed by atoms with Crippen molar-refractivity contribution < 1.29 is 50.4 Å². The van der Waals surface area contributed by atoms with Gasteiger partial charge in [0.15, 0.2) is 0 Å². The number of hydrogen-bond acceptors (Lipinski definition) is 8. The largest absolute Gasteiger partial charge is 2.00 e. The van der Waals surface area contributed by atoms with Gasteiger partial charge in [-0.1, -0.05) is 0 Å². The minimum Gasteiger partial charge on any atom is -0.867 e. The summed E-state index contributed by atoms with van der Waals surface area (Å²) in [6, 6.07) is 3.13. The van der Waals surface area contributed by atoms with Crippen LogP contribution < -0.4 is 10.2 Å². The molecule has 0 spiro atoms. The zero-order valence-electron chi connectivity index (χ0n) is 12.1. The Bertz CT molecular complexity index is 689. The van der Waals surface area contributed by atoms with E-state index in [1.165, 1.54) is 0 Å². The van der Waals surface area contributed by atoms with Gasteiger partial charge in [0.05, 0.1) is 11.1 Å². The quantitative estimate of drug-likeness (QED) is 0.264. The predicted molar refractivity (Wildman–Crippen MR) is 78.1 cm³/mol. The van der Waals surface area contributed by atoms with Crippen molar-refractivity contribution in [2.45, 2.75) is 0 Å². The van der Waals surface area contributed by atoms with Crippen LogP contribution in [0.1, 0.15) is 20.7 Å². The van der Waals surface area contributed by atoms with E-state index in [4.69, 9.17) is 30.6 Å². The molecule has 0 fully saturated rings. The zero-order chi connectivity index (χ0) is 18.6. The second-order valence-corrected chi connectivity index (χ2v) is 4.30. The molecular formula is C14H10O10Pb. The molecule has 0 aliphatic carbocycles. The number of hydrogen-bond donors (Lipinski definition) is 6. The number of carboxylic acids is 2. The van der Waals surface area contributed by atoms with Crippen LogP contribution in [-0.4, -0.2) is 69.9 Å². The summed E-state index contributed by atoms with van der Waals surface area (Å²) < 4.78 is 0. The molecule has 0 bridgehead atoms. The van der Waals surface area contributed by atoms with E-state index in [0.717, 1.165) is 24.3 Å². The van der Waals surface area contributed by atoms with Crippen molar-refractivity contribution in [3.8, 4) is 34.5 Å². The smallest absolute Gasteiger partial charge is 0.867 e. The Morgan fingerprint density at radius 1 is 0.640 bits per heavy atom. The van der Waals surface area contributed by atoms with Crippen LogP contribution in [0.15, 0.2) is 24.3 Å². The molecule has 0 heterocycles. The number of aromatic hydroxyl groups is 4. The molecule has 0 amide bonds. The molecule has 0 aromatic heterocycles. The van der Waals surface area contributed by atoms with Gasteiger partial charge in [-0.2, -0.15) is 0 Å². The third-order valence-electron chi connectivity index (χ3n) is 2.59. The van der Waals surface area contributed by atoms with E-state index in [1.54, 1.807) is 0 Å². The molecule has 2 aromatic carbocycles. The summed E-state index contributed by atoms with van der Waals surface area (Å²) >= 11 is 0. The number of aromatic carboxylic acids is 2. The fraction of sp³-hybridized carbons (Fsp3) is 0. The molecule has 130 valence electrons. The molecule has 0 aliphatic heterocycles. The number of carboxylic acid groups (broad SMARTS) is 2. The van der Waals surface area contributed by atoms with Crippen LogP contribution in [0.3, 0.4) is 0 Å².